The van der Waals surface area contributed by atoms with E-state index in [-0.39, 0.29) is 5.41 Å². The van der Waals surface area contributed by atoms with Gasteiger partial charge in [-0.15, -0.1) is 11.3 Å². The van der Waals surface area contributed by atoms with Crippen molar-refractivity contribution >= 4 is 11.3 Å². The van der Waals surface area contributed by atoms with Crippen LogP contribution in [0, 0.1) is 5.41 Å². The van der Waals surface area contributed by atoms with E-state index in [4.69, 9.17) is 15.1 Å². The van der Waals surface area contributed by atoms with Crippen LogP contribution in [-0.2, 0) is 6.54 Å². The predicted molar refractivity (Wildman–Crippen MR) is 81.5 cm³/mol. The van der Waals surface area contributed by atoms with Gasteiger partial charge in [0.25, 0.3) is 0 Å². The van der Waals surface area contributed by atoms with Crippen LogP contribution in [0.15, 0.2) is 28.4 Å². The quantitative estimate of drug-likeness (QED) is 0.944. The van der Waals surface area contributed by atoms with E-state index in [0.29, 0.717) is 6.04 Å². The van der Waals surface area contributed by atoms with Crippen LogP contribution >= 0.6 is 11.3 Å². The lowest BCUT2D eigenvalue weighted by molar-refractivity contribution is 0.0891. The van der Waals surface area contributed by atoms with Crippen LogP contribution in [0.4, 0.5) is 0 Å². The number of likely N-dealkylation sites (tertiary alicyclic amines) is 1. The fraction of sp³-hybridized carbons (Fsp3) is 0.533. The highest BCUT2D eigenvalue weighted by Crippen LogP contribution is 2.29. The third kappa shape index (κ3) is 2.80. The van der Waals surface area contributed by atoms with E-state index in [0.717, 1.165) is 42.3 Å². The average molecular weight is 291 g/mol. The fourth-order valence-electron chi connectivity index (χ4n) is 2.75. The first-order valence-corrected chi connectivity index (χ1v) is 7.87. The Hall–Kier alpha value is -1.17. The molecule has 0 radical (unpaired) electrons. The first kappa shape index (κ1) is 13.8. The average Bonchev–Trinajstić information content (AvgIpc) is 3.03. The van der Waals surface area contributed by atoms with Crippen molar-refractivity contribution in [1.29, 1.82) is 0 Å². The summed E-state index contributed by atoms with van der Waals surface area (Å²) in [5, 5.41) is 3.17. The maximum absolute atomic E-state index is 6.19. The maximum atomic E-state index is 6.19. The summed E-state index contributed by atoms with van der Waals surface area (Å²) >= 11 is 1.67. The monoisotopic (exact) mass is 291 g/mol. The SMILES string of the molecule is CC1(C)CN(Cc2csc(-c3ccoc3)n2)CCC1N. The molecule has 1 fully saturated rings. The third-order valence-electron chi connectivity index (χ3n) is 4.10. The fourth-order valence-corrected chi connectivity index (χ4v) is 3.54. The molecule has 20 heavy (non-hydrogen) atoms. The zero-order valence-corrected chi connectivity index (χ0v) is 12.8. The molecule has 0 spiro atoms. The molecular weight excluding hydrogens is 270 g/mol. The van der Waals surface area contributed by atoms with Gasteiger partial charge in [0, 0.05) is 36.6 Å². The second kappa shape index (κ2) is 5.31. The molecule has 0 bridgehead atoms. The number of nitrogens with zero attached hydrogens (tertiary/aromatic N) is 2. The summed E-state index contributed by atoms with van der Waals surface area (Å²) in [6, 6.07) is 2.25. The standard InChI is InChI=1S/C15H21N3OS/c1-15(2)10-18(5-3-13(15)16)7-12-9-20-14(17-12)11-4-6-19-8-11/h4,6,8-9,13H,3,5,7,10,16H2,1-2H3. The van der Waals surface area contributed by atoms with Gasteiger partial charge in [0.2, 0.25) is 0 Å². The first-order chi connectivity index (χ1) is 9.54. The van der Waals surface area contributed by atoms with Crippen molar-refractivity contribution in [2.24, 2.45) is 11.1 Å². The molecule has 3 heterocycles. The van der Waals surface area contributed by atoms with Crippen LogP contribution in [-0.4, -0.2) is 29.0 Å². The van der Waals surface area contributed by atoms with E-state index in [1.54, 1.807) is 23.9 Å². The molecule has 1 aliphatic rings. The van der Waals surface area contributed by atoms with Crippen LogP contribution in [0.3, 0.4) is 0 Å². The number of piperidine rings is 1. The summed E-state index contributed by atoms with van der Waals surface area (Å²) in [4.78, 5) is 7.16. The Balaban J connectivity index is 1.67. The van der Waals surface area contributed by atoms with Crippen molar-refractivity contribution in [2.75, 3.05) is 13.1 Å². The molecular formula is C15H21N3OS. The van der Waals surface area contributed by atoms with Gasteiger partial charge in [0.15, 0.2) is 0 Å². The Morgan fingerprint density at radius 2 is 2.40 bits per heavy atom. The maximum Gasteiger partial charge on any atom is 0.126 e. The van der Waals surface area contributed by atoms with Gasteiger partial charge in [0.1, 0.15) is 11.3 Å². The molecule has 3 rings (SSSR count). The number of hydrogen-bond donors (Lipinski definition) is 1. The van der Waals surface area contributed by atoms with Crippen LogP contribution in [0.25, 0.3) is 10.6 Å². The molecule has 5 heteroatoms. The number of thiazole rings is 1. The largest absolute Gasteiger partial charge is 0.472 e. The topological polar surface area (TPSA) is 55.3 Å². The van der Waals surface area contributed by atoms with Crippen molar-refractivity contribution < 1.29 is 4.42 Å². The lowest BCUT2D eigenvalue weighted by atomic mass is 9.80. The molecule has 0 aromatic carbocycles. The van der Waals surface area contributed by atoms with E-state index in [1.807, 2.05) is 6.07 Å². The Kier molecular flexibility index (Phi) is 3.67. The lowest BCUT2D eigenvalue weighted by Gasteiger charge is -2.42. The third-order valence-corrected chi connectivity index (χ3v) is 5.04. The van der Waals surface area contributed by atoms with E-state index in [2.05, 4.69) is 24.1 Å². The molecule has 2 N–H and O–H groups in total. The number of hydrogen-bond acceptors (Lipinski definition) is 5. The molecule has 2 aromatic heterocycles. The van der Waals surface area contributed by atoms with Crippen molar-refractivity contribution in [1.82, 2.24) is 9.88 Å². The highest BCUT2D eigenvalue weighted by molar-refractivity contribution is 7.13. The zero-order valence-electron chi connectivity index (χ0n) is 12.0. The van der Waals surface area contributed by atoms with Gasteiger partial charge >= 0.3 is 0 Å². The Morgan fingerprint density at radius 3 is 3.10 bits per heavy atom. The van der Waals surface area contributed by atoms with Gasteiger partial charge in [-0.05, 0) is 17.9 Å². The minimum Gasteiger partial charge on any atom is -0.472 e. The molecule has 1 unspecified atom stereocenters. The van der Waals surface area contributed by atoms with E-state index in [1.165, 1.54) is 0 Å². The second-order valence-electron chi connectivity index (χ2n) is 6.25. The number of furan rings is 1. The van der Waals surface area contributed by atoms with Gasteiger partial charge in [-0.2, -0.15) is 0 Å². The first-order valence-electron chi connectivity index (χ1n) is 6.99. The summed E-state index contributed by atoms with van der Waals surface area (Å²) < 4.78 is 5.11. The van der Waals surface area contributed by atoms with Crippen molar-refractivity contribution in [3.05, 3.63) is 29.7 Å². The normalized spacial score (nSPS) is 23.1. The summed E-state index contributed by atoms with van der Waals surface area (Å²) in [6.45, 7) is 7.50. The number of nitrogens with two attached hydrogens (primary N) is 1. The van der Waals surface area contributed by atoms with Crippen molar-refractivity contribution in [3.63, 3.8) is 0 Å². The molecule has 1 atom stereocenters. The van der Waals surface area contributed by atoms with Gasteiger partial charge in [-0.1, -0.05) is 13.8 Å². The molecule has 0 amide bonds. The number of rotatable bonds is 3. The number of aromatic nitrogens is 1. The molecule has 2 aromatic rings. The van der Waals surface area contributed by atoms with Crippen LogP contribution in [0.1, 0.15) is 26.0 Å². The smallest absolute Gasteiger partial charge is 0.126 e. The molecule has 0 aliphatic carbocycles. The molecule has 0 saturated carbocycles. The molecule has 1 saturated heterocycles. The van der Waals surface area contributed by atoms with E-state index in [9.17, 15) is 0 Å². The van der Waals surface area contributed by atoms with Crippen molar-refractivity contribution in [2.45, 2.75) is 32.9 Å². The Bertz CT molecular complexity index is 561. The Labute approximate surface area is 123 Å². The van der Waals surface area contributed by atoms with Crippen molar-refractivity contribution in [3.8, 4) is 10.6 Å². The van der Waals surface area contributed by atoms with Gasteiger partial charge in [-0.25, -0.2) is 4.98 Å². The van der Waals surface area contributed by atoms with Crippen LogP contribution in [0.5, 0.6) is 0 Å². The zero-order chi connectivity index (χ0) is 14.2. The second-order valence-corrected chi connectivity index (χ2v) is 7.11. The van der Waals surface area contributed by atoms with Gasteiger partial charge in [-0.3, -0.25) is 4.90 Å². The van der Waals surface area contributed by atoms with Gasteiger partial charge in [0.05, 0.1) is 12.0 Å². The van der Waals surface area contributed by atoms with E-state index < -0.39 is 0 Å². The highest BCUT2D eigenvalue weighted by Gasteiger charge is 2.33. The summed E-state index contributed by atoms with van der Waals surface area (Å²) in [7, 11) is 0. The molecule has 1 aliphatic heterocycles. The summed E-state index contributed by atoms with van der Waals surface area (Å²) in [5.41, 5.74) is 8.56. The minimum atomic E-state index is 0.182. The summed E-state index contributed by atoms with van der Waals surface area (Å²) in [5.74, 6) is 0. The van der Waals surface area contributed by atoms with E-state index >= 15 is 0 Å². The summed E-state index contributed by atoms with van der Waals surface area (Å²) in [6.07, 6.45) is 4.49. The predicted octanol–water partition coefficient (Wildman–Crippen LogP) is 2.96. The van der Waals surface area contributed by atoms with Crippen LogP contribution < -0.4 is 5.73 Å². The minimum absolute atomic E-state index is 0.182. The van der Waals surface area contributed by atoms with Crippen LogP contribution in [0.2, 0.25) is 0 Å². The van der Waals surface area contributed by atoms with Gasteiger partial charge < -0.3 is 10.2 Å². The Morgan fingerprint density at radius 1 is 1.55 bits per heavy atom. The molecule has 108 valence electrons. The lowest BCUT2D eigenvalue weighted by Crippen LogP contribution is -2.52. The molecule has 4 nitrogen and oxygen atoms in total. The highest BCUT2D eigenvalue weighted by atomic mass is 32.1.